The standard InChI is InChI=1S/C22H35N3O2/c1-6-13-25(22(27)16(2)3)15-18-14-19(11-12-20(18)24(4)5)23-21(26)17-9-7-8-10-17/h11-12,14,16-17H,6-10,13,15H2,1-5H3,(H,23,26). The van der Waals surface area contributed by atoms with Crippen molar-refractivity contribution < 1.29 is 9.59 Å². The molecule has 1 aromatic carbocycles. The summed E-state index contributed by atoms with van der Waals surface area (Å²) in [5, 5.41) is 3.09. The van der Waals surface area contributed by atoms with Gasteiger partial charge in [0.15, 0.2) is 0 Å². The molecular weight excluding hydrogens is 338 g/mol. The molecule has 1 saturated carbocycles. The van der Waals surface area contributed by atoms with Crippen LogP contribution in [0.15, 0.2) is 18.2 Å². The van der Waals surface area contributed by atoms with Crippen molar-refractivity contribution in [3.8, 4) is 0 Å². The highest BCUT2D eigenvalue weighted by Gasteiger charge is 2.23. The van der Waals surface area contributed by atoms with E-state index in [1.54, 1.807) is 0 Å². The van der Waals surface area contributed by atoms with Gasteiger partial charge in [0.2, 0.25) is 11.8 Å². The van der Waals surface area contributed by atoms with Crippen LogP contribution in [0.3, 0.4) is 0 Å². The monoisotopic (exact) mass is 373 g/mol. The van der Waals surface area contributed by atoms with E-state index in [4.69, 9.17) is 0 Å². The van der Waals surface area contributed by atoms with Crippen LogP contribution in [0.4, 0.5) is 11.4 Å². The second kappa shape index (κ2) is 9.77. The highest BCUT2D eigenvalue weighted by Crippen LogP contribution is 2.28. The van der Waals surface area contributed by atoms with Gasteiger partial charge in [-0.25, -0.2) is 0 Å². The van der Waals surface area contributed by atoms with Crippen molar-refractivity contribution in [1.82, 2.24) is 4.90 Å². The molecule has 5 nitrogen and oxygen atoms in total. The topological polar surface area (TPSA) is 52.7 Å². The number of nitrogens with zero attached hydrogens (tertiary/aromatic N) is 2. The lowest BCUT2D eigenvalue weighted by Crippen LogP contribution is -2.35. The molecule has 5 heteroatoms. The normalized spacial score (nSPS) is 14.4. The van der Waals surface area contributed by atoms with E-state index >= 15 is 0 Å². The maximum absolute atomic E-state index is 12.6. The van der Waals surface area contributed by atoms with Gasteiger partial charge in [0, 0.05) is 50.4 Å². The van der Waals surface area contributed by atoms with Crippen molar-refractivity contribution in [1.29, 1.82) is 0 Å². The molecule has 2 amide bonds. The number of rotatable bonds is 8. The first-order valence-electron chi connectivity index (χ1n) is 10.2. The van der Waals surface area contributed by atoms with Crippen LogP contribution in [0, 0.1) is 11.8 Å². The van der Waals surface area contributed by atoms with Gasteiger partial charge in [0.25, 0.3) is 0 Å². The van der Waals surface area contributed by atoms with Crippen LogP contribution in [0.5, 0.6) is 0 Å². The molecule has 0 unspecified atom stereocenters. The van der Waals surface area contributed by atoms with E-state index in [0.29, 0.717) is 6.54 Å². The van der Waals surface area contributed by atoms with Crippen LogP contribution in [0.1, 0.15) is 58.4 Å². The zero-order valence-electron chi connectivity index (χ0n) is 17.5. The molecule has 27 heavy (non-hydrogen) atoms. The van der Waals surface area contributed by atoms with E-state index in [1.165, 1.54) is 0 Å². The summed E-state index contributed by atoms with van der Waals surface area (Å²) < 4.78 is 0. The average Bonchev–Trinajstić information content (AvgIpc) is 3.15. The van der Waals surface area contributed by atoms with Gasteiger partial charge >= 0.3 is 0 Å². The minimum Gasteiger partial charge on any atom is -0.377 e. The lowest BCUT2D eigenvalue weighted by Gasteiger charge is -2.27. The fourth-order valence-electron chi connectivity index (χ4n) is 3.77. The lowest BCUT2D eigenvalue weighted by atomic mass is 10.1. The Morgan fingerprint density at radius 1 is 1.19 bits per heavy atom. The Bertz CT molecular complexity index is 649. The molecule has 0 atom stereocenters. The highest BCUT2D eigenvalue weighted by atomic mass is 16.2. The molecule has 1 fully saturated rings. The molecule has 0 heterocycles. The maximum atomic E-state index is 12.6. The van der Waals surface area contributed by atoms with Crippen LogP contribution in [0.25, 0.3) is 0 Å². The molecule has 0 radical (unpaired) electrons. The largest absolute Gasteiger partial charge is 0.377 e. The molecule has 150 valence electrons. The van der Waals surface area contributed by atoms with Gasteiger partial charge in [-0.05, 0) is 43.0 Å². The molecule has 0 spiro atoms. The number of anilines is 2. The molecule has 1 N–H and O–H groups in total. The fourth-order valence-corrected chi connectivity index (χ4v) is 3.77. The number of benzene rings is 1. The van der Waals surface area contributed by atoms with Crippen molar-refractivity contribution in [3.05, 3.63) is 23.8 Å². The summed E-state index contributed by atoms with van der Waals surface area (Å²) in [6.45, 7) is 7.27. The van der Waals surface area contributed by atoms with Crippen LogP contribution in [-0.2, 0) is 16.1 Å². The molecule has 1 aromatic rings. The van der Waals surface area contributed by atoms with Crippen LogP contribution >= 0.6 is 0 Å². The number of carbonyl (C=O) groups excluding carboxylic acids is 2. The summed E-state index contributed by atoms with van der Waals surface area (Å²) in [5.41, 5.74) is 2.96. The zero-order chi connectivity index (χ0) is 20.0. The van der Waals surface area contributed by atoms with Crippen molar-refractivity contribution in [2.24, 2.45) is 11.8 Å². The third-order valence-electron chi connectivity index (χ3n) is 5.22. The summed E-state index contributed by atoms with van der Waals surface area (Å²) in [6, 6.07) is 6.02. The van der Waals surface area contributed by atoms with Crippen molar-refractivity contribution in [3.63, 3.8) is 0 Å². The van der Waals surface area contributed by atoms with Gasteiger partial charge < -0.3 is 15.1 Å². The first-order chi connectivity index (χ1) is 12.8. The number of amides is 2. The summed E-state index contributed by atoms with van der Waals surface area (Å²) >= 11 is 0. The summed E-state index contributed by atoms with van der Waals surface area (Å²) in [7, 11) is 4.01. The van der Waals surface area contributed by atoms with E-state index in [2.05, 4.69) is 17.1 Å². The first-order valence-corrected chi connectivity index (χ1v) is 10.2. The van der Waals surface area contributed by atoms with Gasteiger partial charge in [-0.3, -0.25) is 9.59 Å². The molecule has 0 aromatic heterocycles. The SMILES string of the molecule is CCCN(Cc1cc(NC(=O)C2CCCC2)ccc1N(C)C)C(=O)C(C)C. The quantitative estimate of drug-likeness (QED) is 0.740. The third-order valence-corrected chi connectivity index (χ3v) is 5.22. The molecule has 0 aliphatic heterocycles. The van der Waals surface area contributed by atoms with Crippen molar-refractivity contribution in [2.75, 3.05) is 30.9 Å². The Morgan fingerprint density at radius 3 is 2.41 bits per heavy atom. The maximum Gasteiger partial charge on any atom is 0.227 e. The summed E-state index contributed by atoms with van der Waals surface area (Å²) in [5.74, 6) is 0.410. The molecule has 1 aliphatic rings. The van der Waals surface area contributed by atoms with Crippen molar-refractivity contribution in [2.45, 2.75) is 59.4 Å². The van der Waals surface area contributed by atoms with E-state index in [0.717, 1.165) is 55.6 Å². The van der Waals surface area contributed by atoms with Gasteiger partial charge in [0.05, 0.1) is 0 Å². The summed E-state index contributed by atoms with van der Waals surface area (Å²) in [6.07, 6.45) is 5.19. The second-order valence-corrected chi connectivity index (χ2v) is 8.12. The Kier molecular flexibility index (Phi) is 7.69. The average molecular weight is 374 g/mol. The first kappa shape index (κ1) is 21.3. The molecule has 0 saturated heterocycles. The Morgan fingerprint density at radius 2 is 1.85 bits per heavy atom. The Balaban J connectivity index is 2.23. The number of hydrogen-bond acceptors (Lipinski definition) is 3. The highest BCUT2D eigenvalue weighted by molar-refractivity contribution is 5.93. The van der Waals surface area contributed by atoms with Crippen LogP contribution in [-0.4, -0.2) is 37.4 Å². The third kappa shape index (κ3) is 5.72. The van der Waals surface area contributed by atoms with Gasteiger partial charge in [-0.2, -0.15) is 0 Å². The number of hydrogen-bond donors (Lipinski definition) is 1. The van der Waals surface area contributed by atoms with Gasteiger partial charge in [-0.15, -0.1) is 0 Å². The van der Waals surface area contributed by atoms with Crippen molar-refractivity contribution >= 4 is 23.2 Å². The van der Waals surface area contributed by atoms with Crippen LogP contribution in [0.2, 0.25) is 0 Å². The van der Waals surface area contributed by atoms with E-state index in [-0.39, 0.29) is 23.7 Å². The van der Waals surface area contributed by atoms with Gasteiger partial charge in [0.1, 0.15) is 0 Å². The van der Waals surface area contributed by atoms with Gasteiger partial charge in [-0.1, -0.05) is 33.6 Å². The summed E-state index contributed by atoms with van der Waals surface area (Å²) in [4.78, 5) is 29.1. The van der Waals surface area contributed by atoms with Crippen LogP contribution < -0.4 is 10.2 Å². The predicted molar refractivity (Wildman–Crippen MR) is 112 cm³/mol. The van der Waals surface area contributed by atoms with E-state index in [9.17, 15) is 9.59 Å². The molecule has 2 rings (SSSR count). The lowest BCUT2D eigenvalue weighted by molar-refractivity contribution is -0.135. The number of carbonyl (C=O) groups is 2. The smallest absolute Gasteiger partial charge is 0.227 e. The molecule has 0 bridgehead atoms. The second-order valence-electron chi connectivity index (χ2n) is 8.12. The Labute approximate surface area is 164 Å². The molecular formula is C22H35N3O2. The minimum absolute atomic E-state index is 0.0235. The molecule has 1 aliphatic carbocycles. The fraction of sp³-hybridized carbons (Fsp3) is 0.636. The predicted octanol–water partition coefficient (Wildman–Crippen LogP) is 4.28. The number of nitrogens with one attached hydrogen (secondary N) is 1. The van der Waals surface area contributed by atoms with E-state index in [1.807, 2.05) is 51.0 Å². The zero-order valence-corrected chi connectivity index (χ0v) is 17.5. The Hall–Kier alpha value is -2.04. The van der Waals surface area contributed by atoms with E-state index < -0.39 is 0 Å². The minimum atomic E-state index is -0.0235.